The summed E-state index contributed by atoms with van der Waals surface area (Å²) in [7, 11) is 0. The Kier molecular flexibility index (Phi) is 11.7. The van der Waals surface area contributed by atoms with Gasteiger partial charge in [-0.2, -0.15) is 0 Å². The number of amides is 2. The minimum Gasteiger partial charge on any atom is -0.354 e. The highest BCUT2D eigenvalue weighted by molar-refractivity contribution is 7.99. The van der Waals surface area contributed by atoms with Gasteiger partial charge in [-0.1, -0.05) is 61.7 Å². The van der Waals surface area contributed by atoms with Crippen molar-refractivity contribution in [3.05, 3.63) is 73.8 Å². The van der Waals surface area contributed by atoms with Gasteiger partial charge in [0.05, 0.1) is 20.7 Å². The summed E-state index contributed by atoms with van der Waals surface area (Å²) in [6.07, 6.45) is 2.30. The highest BCUT2D eigenvalue weighted by Crippen LogP contribution is 2.25. The second-order valence-electron chi connectivity index (χ2n) is 7.76. The van der Waals surface area contributed by atoms with E-state index in [0.29, 0.717) is 28.8 Å². The van der Waals surface area contributed by atoms with E-state index in [1.165, 1.54) is 23.9 Å². The molecule has 2 rings (SSSR count). The molecule has 1 atom stereocenters. The zero-order chi connectivity index (χ0) is 25.1. The van der Waals surface area contributed by atoms with Gasteiger partial charge in [-0.25, -0.2) is 0 Å². The predicted molar refractivity (Wildman–Crippen MR) is 138 cm³/mol. The Hall–Kier alpha value is -2.29. The van der Waals surface area contributed by atoms with E-state index in [9.17, 15) is 19.7 Å². The van der Waals surface area contributed by atoms with Crippen LogP contribution in [0.3, 0.4) is 0 Å². The first-order valence-electron chi connectivity index (χ1n) is 11.1. The lowest BCUT2D eigenvalue weighted by atomic mass is 10.1. The number of carbonyl (C=O) groups is 2. The third kappa shape index (κ3) is 8.49. The van der Waals surface area contributed by atoms with Crippen LogP contribution in [-0.4, -0.2) is 40.0 Å². The zero-order valence-corrected chi connectivity index (χ0v) is 21.6. The highest BCUT2D eigenvalue weighted by atomic mass is 35.5. The fourth-order valence-electron chi connectivity index (χ4n) is 3.31. The average Bonchev–Trinajstić information content (AvgIpc) is 2.81. The van der Waals surface area contributed by atoms with Gasteiger partial charge in [0.15, 0.2) is 0 Å². The van der Waals surface area contributed by atoms with Crippen molar-refractivity contribution in [1.82, 2.24) is 10.2 Å². The van der Waals surface area contributed by atoms with Crippen LogP contribution in [-0.2, 0) is 21.9 Å². The number of nitrogens with one attached hydrogen (secondary N) is 1. The third-order valence-corrected chi connectivity index (χ3v) is 6.92. The van der Waals surface area contributed by atoms with Crippen LogP contribution in [0.25, 0.3) is 0 Å². The van der Waals surface area contributed by atoms with E-state index in [1.54, 1.807) is 35.2 Å². The number of nitro benzene ring substituents is 1. The summed E-state index contributed by atoms with van der Waals surface area (Å²) in [5, 5.41) is 14.6. The molecule has 0 aromatic heterocycles. The average molecular weight is 526 g/mol. The molecule has 0 heterocycles. The van der Waals surface area contributed by atoms with Crippen molar-refractivity contribution in [2.75, 3.05) is 12.3 Å². The molecular formula is C24H29Cl2N3O4S. The van der Waals surface area contributed by atoms with Gasteiger partial charge >= 0.3 is 0 Å². The molecule has 184 valence electrons. The number of non-ortho nitro benzene ring substituents is 1. The number of nitrogens with zero attached hydrogens (tertiary/aromatic N) is 2. The molecule has 0 aliphatic rings. The van der Waals surface area contributed by atoms with Crippen LogP contribution in [0, 0.1) is 10.1 Å². The fraction of sp³-hybridized carbons (Fsp3) is 0.417. The van der Waals surface area contributed by atoms with Gasteiger partial charge in [0.2, 0.25) is 11.8 Å². The van der Waals surface area contributed by atoms with Crippen molar-refractivity contribution in [2.45, 2.75) is 51.4 Å². The fourth-order valence-corrected chi connectivity index (χ4v) is 4.50. The highest BCUT2D eigenvalue weighted by Gasteiger charge is 2.28. The first kappa shape index (κ1) is 28.0. The van der Waals surface area contributed by atoms with E-state index in [2.05, 4.69) is 5.32 Å². The second-order valence-corrected chi connectivity index (χ2v) is 9.56. The summed E-state index contributed by atoms with van der Waals surface area (Å²) in [4.78, 5) is 38.1. The molecule has 0 radical (unpaired) electrons. The molecule has 2 aromatic carbocycles. The lowest BCUT2D eigenvalue weighted by Gasteiger charge is -2.30. The Balaban J connectivity index is 2.12. The quantitative estimate of drug-likeness (QED) is 0.201. The number of hydrogen-bond acceptors (Lipinski definition) is 5. The van der Waals surface area contributed by atoms with Gasteiger partial charge in [0.1, 0.15) is 6.04 Å². The van der Waals surface area contributed by atoms with Gasteiger partial charge < -0.3 is 10.2 Å². The van der Waals surface area contributed by atoms with Gasteiger partial charge in [-0.15, -0.1) is 11.8 Å². The second kappa shape index (κ2) is 14.2. The SMILES string of the molecule is CCCCNC(=O)[C@H](CC)N(Cc1ccc(Cl)c(Cl)c1)C(=O)CSCc1ccc([N+](=O)[O-])cc1. The number of unbranched alkanes of at least 4 members (excludes halogenated alkanes) is 1. The minimum absolute atomic E-state index is 0.0255. The van der Waals surface area contributed by atoms with Gasteiger partial charge in [0, 0.05) is 31.0 Å². The summed E-state index contributed by atoms with van der Waals surface area (Å²) >= 11 is 13.6. The summed E-state index contributed by atoms with van der Waals surface area (Å²) in [5.74, 6) is 0.334. The van der Waals surface area contributed by atoms with E-state index in [1.807, 2.05) is 13.8 Å². The standard InChI is InChI=1S/C24H29Cl2N3O4S/c1-3-5-12-27-24(31)22(4-2)28(14-18-8-11-20(25)21(26)13-18)23(30)16-34-15-17-6-9-19(10-7-17)29(32)33/h6-11,13,22H,3-5,12,14-16H2,1-2H3,(H,27,31)/t22-/m0/s1. The van der Waals surface area contributed by atoms with Crippen molar-refractivity contribution in [1.29, 1.82) is 0 Å². The van der Waals surface area contributed by atoms with Crippen molar-refractivity contribution < 1.29 is 14.5 Å². The molecule has 0 fully saturated rings. The van der Waals surface area contributed by atoms with Gasteiger partial charge in [-0.05, 0) is 36.1 Å². The molecule has 0 spiro atoms. The minimum atomic E-state index is -0.612. The molecule has 0 aliphatic carbocycles. The maximum atomic E-state index is 13.2. The molecule has 1 N–H and O–H groups in total. The van der Waals surface area contributed by atoms with Crippen LogP contribution in [0.2, 0.25) is 10.0 Å². The number of benzene rings is 2. The summed E-state index contributed by atoms with van der Waals surface area (Å²) in [6, 6.07) is 10.8. The van der Waals surface area contributed by atoms with Crippen LogP contribution in [0.1, 0.15) is 44.2 Å². The van der Waals surface area contributed by atoms with E-state index in [0.717, 1.165) is 24.0 Å². The molecular weight excluding hydrogens is 497 g/mol. The van der Waals surface area contributed by atoms with Crippen molar-refractivity contribution in [3.8, 4) is 0 Å². The Morgan fingerprint density at radius 2 is 1.76 bits per heavy atom. The maximum Gasteiger partial charge on any atom is 0.269 e. The molecule has 34 heavy (non-hydrogen) atoms. The van der Waals surface area contributed by atoms with E-state index >= 15 is 0 Å². The number of nitro groups is 1. The number of hydrogen-bond donors (Lipinski definition) is 1. The monoisotopic (exact) mass is 525 g/mol. The Morgan fingerprint density at radius 1 is 1.09 bits per heavy atom. The molecule has 0 unspecified atom stereocenters. The molecule has 10 heteroatoms. The first-order valence-corrected chi connectivity index (χ1v) is 13.0. The molecule has 7 nitrogen and oxygen atoms in total. The van der Waals surface area contributed by atoms with Crippen LogP contribution < -0.4 is 5.32 Å². The first-order chi connectivity index (χ1) is 16.3. The van der Waals surface area contributed by atoms with Gasteiger partial charge in [0.25, 0.3) is 5.69 Å². The molecule has 0 saturated heterocycles. The summed E-state index contributed by atoms with van der Waals surface area (Å²) < 4.78 is 0. The van der Waals surface area contributed by atoms with Gasteiger partial charge in [-0.3, -0.25) is 19.7 Å². The number of thioether (sulfide) groups is 1. The molecule has 0 aliphatic heterocycles. The lowest BCUT2D eigenvalue weighted by molar-refractivity contribution is -0.384. The Labute approximate surface area is 214 Å². The van der Waals surface area contributed by atoms with Crippen molar-refractivity contribution in [2.24, 2.45) is 0 Å². The zero-order valence-electron chi connectivity index (χ0n) is 19.3. The van der Waals surface area contributed by atoms with E-state index in [4.69, 9.17) is 23.2 Å². The predicted octanol–water partition coefficient (Wildman–Crippen LogP) is 5.86. The molecule has 2 aromatic rings. The van der Waals surface area contributed by atoms with Crippen molar-refractivity contribution in [3.63, 3.8) is 0 Å². The smallest absolute Gasteiger partial charge is 0.269 e. The van der Waals surface area contributed by atoms with Crippen LogP contribution in [0.15, 0.2) is 42.5 Å². The van der Waals surface area contributed by atoms with E-state index in [-0.39, 0.29) is 29.8 Å². The normalized spacial score (nSPS) is 11.6. The van der Waals surface area contributed by atoms with E-state index < -0.39 is 11.0 Å². The van der Waals surface area contributed by atoms with Crippen LogP contribution in [0.5, 0.6) is 0 Å². The molecule has 2 amide bonds. The molecule has 0 saturated carbocycles. The lowest BCUT2D eigenvalue weighted by Crippen LogP contribution is -2.49. The Morgan fingerprint density at radius 3 is 2.35 bits per heavy atom. The topological polar surface area (TPSA) is 92.6 Å². The molecule has 0 bridgehead atoms. The van der Waals surface area contributed by atoms with Crippen LogP contribution in [0.4, 0.5) is 5.69 Å². The number of rotatable bonds is 13. The summed E-state index contributed by atoms with van der Waals surface area (Å²) in [6.45, 7) is 4.72. The van der Waals surface area contributed by atoms with Crippen molar-refractivity contribution >= 4 is 52.5 Å². The Bertz CT molecular complexity index is 989. The largest absolute Gasteiger partial charge is 0.354 e. The van der Waals surface area contributed by atoms with Crippen LogP contribution >= 0.6 is 35.0 Å². The summed E-state index contributed by atoms with van der Waals surface area (Å²) in [5.41, 5.74) is 1.68. The third-order valence-electron chi connectivity index (χ3n) is 5.19. The number of halogens is 2. The number of carbonyl (C=O) groups excluding carboxylic acids is 2. The maximum absolute atomic E-state index is 13.2.